The summed E-state index contributed by atoms with van der Waals surface area (Å²) in [5, 5.41) is 4.14. The summed E-state index contributed by atoms with van der Waals surface area (Å²) >= 11 is 0. The molecule has 2 aromatic carbocycles. The van der Waals surface area contributed by atoms with Crippen molar-refractivity contribution in [1.29, 1.82) is 0 Å². The van der Waals surface area contributed by atoms with Crippen LogP contribution in [0.15, 0.2) is 47.1 Å². The molecule has 2 aliphatic rings. The van der Waals surface area contributed by atoms with Crippen LogP contribution in [0, 0.1) is 0 Å². The minimum Gasteiger partial charge on any atom is -0.464 e. The Morgan fingerprint density at radius 3 is 2.93 bits per heavy atom. The predicted octanol–water partition coefficient (Wildman–Crippen LogP) is 4.74. The fourth-order valence-electron chi connectivity index (χ4n) is 4.99. The van der Waals surface area contributed by atoms with Gasteiger partial charge in [-0.2, -0.15) is 0 Å². The van der Waals surface area contributed by atoms with Crippen LogP contribution in [-0.2, 0) is 30.5 Å². The lowest BCUT2D eigenvalue weighted by atomic mass is 9.86. The number of rotatable bonds is 6. The summed E-state index contributed by atoms with van der Waals surface area (Å²) in [4.78, 5) is 14.3. The van der Waals surface area contributed by atoms with Crippen molar-refractivity contribution in [3.05, 3.63) is 64.9 Å². The maximum absolute atomic E-state index is 11.6. The number of nitrogens with one attached hydrogen (secondary N) is 1. The molecule has 0 saturated heterocycles. The van der Waals surface area contributed by atoms with E-state index < -0.39 is 0 Å². The van der Waals surface area contributed by atoms with Gasteiger partial charge in [0.2, 0.25) is 5.91 Å². The third-order valence-electron chi connectivity index (χ3n) is 6.49. The molecule has 1 aromatic heterocycles. The summed E-state index contributed by atoms with van der Waals surface area (Å²) < 4.78 is 5.63. The Kier molecular flexibility index (Phi) is 4.88. The number of hydrogen-bond donors (Lipinski definition) is 1. The lowest BCUT2D eigenvalue weighted by molar-refractivity contribution is -0.115. The molecule has 150 valence electrons. The van der Waals surface area contributed by atoms with Crippen LogP contribution in [0.4, 0.5) is 5.69 Å². The molecule has 1 aliphatic carbocycles. The molecule has 1 amide bonds. The van der Waals surface area contributed by atoms with E-state index >= 15 is 0 Å². The molecule has 4 heteroatoms. The van der Waals surface area contributed by atoms with Gasteiger partial charge in [0.15, 0.2) is 0 Å². The first-order valence-corrected chi connectivity index (χ1v) is 10.8. The first kappa shape index (κ1) is 18.4. The van der Waals surface area contributed by atoms with Crippen molar-refractivity contribution < 1.29 is 9.21 Å². The number of anilines is 1. The lowest BCUT2D eigenvalue weighted by Crippen LogP contribution is -2.41. The molecule has 0 fully saturated rings. The number of aryl methyl sites for hydroxylation is 1. The van der Waals surface area contributed by atoms with Gasteiger partial charge < -0.3 is 9.73 Å². The fraction of sp³-hybridized carbons (Fsp3) is 0.400. The number of hydrogen-bond acceptors (Lipinski definition) is 3. The highest BCUT2D eigenvalue weighted by atomic mass is 16.3. The largest absolute Gasteiger partial charge is 0.464 e. The van der Waals surface area contributed by atoms with Crippen molar-refractivity contribution in [3.63, 3.8) is 0 Å². The number of carbonyl (C=O) groups is 1. The molecule has 0 spiro atoms. The van der Waals surface area contributed by atoms with Gasteiger partial charge in [-0.1, -0.05) is 19.1 Å². The molecule has 29 heavy (non-hydrogen) atoms. The van der Waals surface area contributed by atoms with E-state index in [2.05, 4.69) is 53.5 Å². The van der Waals surface area contributed by atoms with Crippen molar-refractivity contribution in [2.75, 3.05) is 18.4 Å². The summed E-state index contributed by atoms with van der Waals surface area (Å²) in [6.07, 6.45) is 7.98. The zero-order valence-corrected chi connectivity index (χ0v) is 17.0. The molecular formula is C25H28N2O2. The van der Waals surface area contributed by atoms with E-state index in [4.69, 9.17) is 4.42 Å². The Labute approximate surface area is 171 Å². The van der Waals surface area contributed by atoms with Gasteiger partial charge in [-0.3, -0.25) is 9.69 Å². The maximum atomic E-state index is 11.6. The summed E-state index contributed by atoms with van der Waals surface area (Å²) in [6, 6.07) is 13.7. The standard InChI is InChI=1S/C25H28N2O2/c1-2-9-27(10-7-17-3-6-23-21(12-17)16-25(28)26-23)22-5-4-18-13-19-8-11-29-24(19)15-20(18)14-22/h3,6,8,11-13,15,22H,2,4-5,7,9-10,14,16H2,1H3,(H,26,28)/t22-/m0/s1. The summed E-state index contributed by atoms with van der Waals surface area (Å²) in [5.41, 5.74) is 7.40. The Balaban J connectivity index is 1.29. The van der Waals surface area contributed by atoms with Gasteiger partial charge in [-0.05, 0) is 85.2 Å². The Morgan fingerprint density at radius 1 is 1.10 bits per heavy atom. The number of carbonyl (C=O) groups excluding carboxylic acids is 1. The molecule has 1 N–H and O–H groups in total. The molecule has 2 heterocycles. The van der Waals surface area contributed by atoms with Crippen LogP contribution in [0.3, 0.4) is 0 Å². The molecule has 5 rings (SSSR count). The smallest absolute Gasteiger partial charge is 0.228 e. The second kappa shape index (κ2) is 7.68. The minimum absolute atomic E-state index is 0.108. The van der Waals surface area contributed by atoms with Crippen LogP contribution in [-0.4, -0.2) is 29.9 Å². The summed E-state index contributed by atoms with van der Waals surface area (Å²) in [5.74, 6) is 0.108. The zero-order valence-electron chi connectivity index (χ0n) is 17.0. The minimum atomic E-state index is 0.108. The quantitative estimate of drug-likeness (QED) is 0.663. The molecule has 0 radical (unpaired) electrons. The number of benzene rings is 2. The second-order valence-corrected chi connectivity index (χ2v) is 8.48. The molecule has 0 saturated carbocycles. The first-order valence-electron chi connectivity index (χ1n) is 10.8. The van der Waals surface area contributed by atoms with E-state index in [-0.39, 0.29) is 5.91 Å². The highest BCUT2D eigenvalue weighted by molar-refractivity contribution is 5.99. The topological polar surface area (TPSA) is 45.5 Å². The predicted molar refractivity (Wildman–Crippen MR) is 116 cm³/mol. The van der Waals surface area contributed by atoms with E-state index in [1.807, 2.05) is 0 Å². The number of nitrogens with zero attached hydrogens (tertiary/aromatic N) is 1. The van der Waals surface area contributed by atoms with Crippen LogP contribution in [0.1, 0.15) is 42.0 Å². The van der Waals surface area contributed by atoms with Crippen molar-refractivity contribution >= 4 is 22.6 Å². The third-order valence-corrected chi connectivity index (χ3v) is 6.49. The average molecular weight is 389 g/mol. The molecule has 1 atom stereocenters. The van der Waals surface area contributed by atoms with Crippen molar-refractivity contribution in [2.45, 2.75) is 51.5 Å². The average Bonchev–Trinajstić information content (AvgIpc) is 3.33. The van der Waals surface area contributed by atoms with Crippen LogP contribution in [0.2, 0.25) is 0 Å². The molecule has 0 unspecified atom stereocenters. The van der Waals surface area contributed by atoms with E-state index in [0.717, 1.165) is 49.2 Å². The van der Waals surface area contributed by atoms with Crippen LogP contribution in [0.5, 0.6) is 0 Å². The normalized spacial score (nSPS) is 18.1. The first-order chi connectivity index (χ1) is 14.2. The Bertz CT molecular complexity index is 1050. The second-order valence-electron chi connectivity index (χ2n) is 8.48. The fourth-order valence-corrected chi connectivity index (χ4v) is 4.99. The Morgan fingerprint density at radius 2 is 2.03 bits per heavy atom. The van der Waals surface area contributed by atoms with Gasteiger partial charge in [0.05, 0.1) is 12.7 Å². The SMILES string of the molecule is CCCN(CCc1ccc2c(c1)CC(=O)N2)[C@H]1CCc2cc3ccoc3cc2C1. The van der Waals surface area contributed by atoms with Crippen LogP contribution in [0.25, 0.3) is 11.0 Å². The number of fused-ring (bicyclic) bond motifs is 3. The van der Waals surface area contributed by atoms with Gasteiger partial charge in [-0.15, -0.1) is 0 Å². The van der Waals surface area contributed by atoms with Crippen molar-refractivity contribution in [3.8, 4) is 0 Å². The van der Waals surface area contributed by atoms with Gasteiger partial charge in [-0.25, -0.2) is 0 Å². The van der Waals surface area contributed by atoms with Gasteiger partial charge >= 0.3 is 0 Å². The maximum Gasteiger partial charge on any atom is 0.228 e. The van der Waals surface area contributed by atoms with Crippen LogP contribution >= 0.6 is 0 Å². The molecule has 3 aromatic rings. The molecular weight excluding hydrogens is 360 g/mol. The molecule has 1 aliphatic heterocycles. The van der Waals surface area contributed by atoms with E-state index in [9.17, 15) is 4.79 Å². The van der Waals surface area contributed by atoms with E-state index in [1.165, 1.54) is 34.9 Å². The summed E-state index contributed by atoms with van der Waals surface area (Å²) in [7, 11) is 0. The van der Waals surface area contributed by atoms with Crippen LogP contribution < -0.4 is 5.32 Å². The van der Waals surface area contributed by atoms with Gasteiger partial charge in [0, 0.05) is 23.7 Å². The van der Waals surface area contributed by atoms with E-state index in [1.54, 1.807) is 6.26 Å². The highest BCUT2D eigenvalue weighted by Crippen LogP contribution is 2.30. The van der Waals surface area contributed by atoms with Crippen molar-refractivity contribution in [1.82, 2.24) is 4.90 Å². The number of furan rings is 1. The molecule has 4 nitrogen and oxygen atoms in total. The monoisotopic (exact) mass is 388 g/mol. The summed E-state index contributed by atoms with van der Waals surface area (Å²) in [6.45, 7) is 4.47. The highest BCUT2D eigenvalue weighted by Gasteiger charge is 2.25. The number of amides is 1. The molecule has 0 bridgehead atoms. The Hall–Kier alpha value is -2.59. The van der Waals surface area contributed by atoms with Crippen molar-refractivity contribution in [2.24, 2.45) is 0 Å². The lowest BCUT2D eigenvalue weighted by Gasteiger charge is -2.35. The van der Waals surface area contributed by atoms with Gasteiger partial charge in [0.1, 0.15) is 5.58 Å². The third kappa shape index (κ3) is 3.69. The van der Waals surface area contributed by atoms with Gasteiger partial charge in [0.25, 0.3) is 0 Å². The zero-order chi connectivity index (χ0) is 19.8. The van der Waals surface area contributed by atoms with E-state index in [0.29, 0.717) is 12.5 Å².